The summed E-state index contributed by atoms with van der Waals surface area (Å²) in [7, 11) is 4.09. The molecule has 0 amide bonds. The second-order valence-electron chi connectivity index (χ2n) is 5.03. The van der Waals surface area contributed by atoms with Crippen LogP contribution in [0.15, 0.2) is 18.5 Å². The van der Waals surface area contributed by atoms with Gasteiger partial charge in [0.2, 0.25) is 11.9 Å². The Bertz CT molecular complexity index is 551. The minimum absolute atomic E-state index is 0.205. The molecule has 114 valence electrons. The Labute approximate surface area is 124 Å². The summed E-state index contributed by atoms with van der Waals surface area (Å²) in [5.41, 5.74) is 5.82. The summed E-state index contributed by atoms with van der Waals surface area (Å²) in [6.07, 6.45) is 4.47. The Balaban J connectivity index is 2.27. The maximum absolute atomic E-state index is 5.82. The Kier molecular flexibility index (Phi) is 5.04. The first-order valence-corrected chi connectivity index (χ1v) is 7.01. The van der Waals surface area contributed by atoms with E-state index in [1.54, 1.807) is 17.1 Å². The summed E-state index contributed by atoms with van der Waals surface area (Å²) in [6, 6.07) is 1.81. The molecule has 2 aromatic rings. The molecule has 0 aliphatic rings. The number of aromatic nitrogens is 5. The van der Waals surface area contributed by atoms with Crippen LogP contribution >= 0.6 is 0 Å². The Morgan fingerprint density at radius 3 is 2.57 bits per heavy atom. The second kappa shape index (κ2) is 6.98. The number of anilines is 2. The molecule has 0 radical (unpaired) electrons. The maximum Gasteiger partial charge on any atom is 0.257 e. The van der Waals surface area contributed by atoms with Crippen LogP contribution in [-0.4, -0.2) is 63.4 Å². The molecule has 0 unspecified atom stereocenters. The predicted molar refractivity (Wildman–Crippen MR) is 82.4 cm³/mol. The number of nitrogens with two attached hydrogens (primary N) is 1. The lowest BCUT2D eigenvalue weighted by Gasteiger charge is -2.24. The van der Waals surface area contributed by atoms with E-state index in [4.69, 9.17) is 5.73 Å². The SMILES string of the molecule is CCCN(CCN(C)C)c1nc(N)nc(-n2cccn2)n1. The van der Waals surface area contributed by atoms with Gasteiger partial charge in [-0.15, -0.1) is 0 Å². The smallest absolute Gasteiger partial charge is 0.257 e. The third kappa shape index (κ3) is 4.12. The van der Waals surface area contributed by atoms with Crippen LogP contribution < -0.4 is 10.6 Å². The average molecular weight is 290 g/mol. The van der Waals surface area contributed by atoms with Crippen LogP contribution in [0.2, 0.25) is 0 Å². The van der Waals surface area contributed by atoms with Crippen molar-refractivity contribution in [1.82, 2.24) is 29.6 Å². The number of hydrogen-bond acceptors (Lipinski definition) is 7. The van der Waals surface area contributed by atoms with E-state index in [0.717, 1.165) is 26.1 Å². The Morgan fingerprint density at radius 2 is 1.95 bits per heavy atom. The van der Waals surface area contributed by atoms with Gasteiger partial charge in [0.15, 0.2) is 0 Å². The zero-order chi connectivity index (χ0) is 15.2. The maximum atomic E-state index is 5.82. The molecule has 8 nitrogen and oxygen atoms in total. The van der Waals surface area contributed by atoms with E-state index in [-0.39, 0.29) is 5.95 Å². The van der Waals surface area contributed by atoms with Gasteiger partial charge in [0, 0.05) is 32.0 Å². The molecule has 0 saturated heterocycles. The Morgan fingerprint density at radius 1 is 1.14 bits per heavy atom. The zero-order valence-electron chi connectivity index (χ0n) is 12.8. The first-order chi connectivity index (χ1) is 10.1. The second-order valence-corrected chi connectivity index (χ2v) is 5.03. The molecule has 0 fully saturated rings. The molecule has 2 N–H and O–H groups in total. The van der Waals surface area contributed by atoms with Crippen LogP contribution in [0.3, 0.4) is 0 Å². The first kappa shape index (κ1) is 15.2. The van der Waals surface area contributed by atoms with Gasteiger partial charge in [-0.2, -0.15) is 20.1 Å². The van der Waals surface area contributed by atoms with E-state index in [1.807, 2.05) is 20.2 Å². The minimum Gasteiger partial charge on any atom is -0.368 e. The highest BCUT2D eigenvalue weighted by molar-refractivity contribution is 5.37. The quantitative estimate of drug-likeness (QED) is 0.790. The molecule has 21 heavy (non-hydrogen) atoms. The molecule has 2 aromatic heterocycles. The summed E-state index contributed by atoms with van der Waals surface area (Å²) < 4.78 is 1.58. The first-order valence-electron chi connectivity index (χ1n) is 7.01. The molecular formula is C13H22N8. The van der Waals surface area contributed by atoms with Crippen LogP contribution in [-0.2, 0) is 0 Å². The van der Waals surface area contributed by atoms with E-state index in [2.05, 4.69) is 36.8 Å². The molecule has 0 aliphatic heterocycles. The van der Waals surface area contributed by atoms with Crippen molar-refractivity contribution in [1.29, 1.82) is 0 Å². The van der Waals surface area contributed by atoms with Crippen LogP contribution in [0.25, 0.3) is 5.95 Å². The average Bonchev–Trinajstić information content (AvgIpc) is 2.96. The lowest BCUT2D eigenvalue weighted by Crippen LogP contribution is -2.34. The van der Waals surface area contributed by atoms with Gasteiger partial charge in [-0.3, -0.25) is 0 Å². The molecule has 8 heteroatoms. The van der Waals surface area contributed by atoms with E-state index in [9.17, 15) is 0 Å². The third-order valence-electron chi connectivity index (χ3n) is 2.93. The number of likely N-dealkylation sites (N-methyl/N-ethyl adjacent to an activating group) is 1. The molecule has 2 heterocycles. The van der Waals surface area contributed by atoms with Gasteiger partial charge in [-0.1, -0.05) is 6.92 Å². The fourth-order valence-corrected chi connectivity index (χ4v) is 1.90. The number of nitrogen functional groups attached to an aromatic ring is 1. The number of rotatable bonds is 7. The number of hydrogen-bond donors (Lipinski definition) is 1. The van der Waals surface area contributed by atoms with E-state index in [0.29, 0.717) is 11.9 Å². The molecule has 0 spiro atoms. The lowest BCUT2D eigenvalue weighted by atomic mass is 10.4. The van der Waals surface area contributed by atoms with Crippen LogP contribution in [0, 0.1) is 0 Å². The molecule has 2 rings (SSSR count). The third-order valence-corrected chi connectivity index (χ3v) is 2.93. The molecule has 0 aromatic carbocycles. The standard InChI is InChI=1S/C13H22N8/c1-4-7-20(10-9-19(2)3)12-16-11(14)17-13(18-12)21-8-5-6-15-21/h5-6,8H,4,7,9-10H2,1-3H3,(H2,14,16,17,18). The van der Waals surface area contributed by atoms with Crippen molar-refractivity contribution in [3.05, 3.63) is 18.5 Å². The van der Waals surface area contributed by atoms with Crippen molar-refractivity contribution < 1.29 is 0 Å². The van der Waals surface area contributed by atoms with Crippen molar-refractivity contribution in [3.8, 4) is 5.95 Å². The van der Waals surface area contributed by atoms with Crippen LogP contribution in [0.5, 0.6) is 0 Å². The fourth-order valence-electron chi connectivity index (χ4n) is 1.90. The summed E-state index contributed by atoms with van der Waals surface area (Å²) in [5, 5.41) is 4.13. The van der Waals surface area contributed by atoms with Crippen LogP contribution in [0.1, 0.15) is 13.3 Å². The zero-order valence-corrected chi connectivity index (χ0v) is 12.8. The topological polar surface area (TPSA) is 89.0 Å². The Hall–Kier alpha value is -2.22. The normalized spacial score (nSPS) is 11.0. The summed E-state index contributed by atoms with van der Waals surface area (Å²) in [4.78, 5) is 17.1. The van der Waals surface area contributed by atoms with Crippen molar-refractivity contribution in [2.45, 2.75) is 13.3 Å². The highest BCUT2D eigenvalue weighted by Crippen LogP contribution is 2.12. The number of nitrogens with zero attached hydrogens (tertiary/aromatic N) is 7. The largest absolute Gasteiger partial charge is 0.368 e. The van der Waals surface area contributed by atoms with Crippen molar-refractivity contribution in [2.24, 2.45) is 0 Å². The lowest BCUT2D eigenvalue weighted by molar-refractivity contribution is 0.411. The molecule has 0 atom stereocenters. The van der Waals surface area contributed by atoms with Gasteiger partial charge in [0.1, 0.15) is 0 Å². The van der Waals surface area contributed by atoms with Crippen LogP contribution in [0.4, 0.5) is 11.9 Å². The summed E-state index contributed by atoms with van der Waals surface area (Å²) in [5.74, 6) is 1.24. The van der Waals surface area contributed by atoms with Gasteiger partial charge in [0.05, 0.1) is 0 Å². The van der Waals surface area contributed by atoms with Gasteiger partial charge < -0.3 is 15.5 Å². The van der Waals surface area contributed by atoms with Gasteiger partial charge in [-0.25, -0.2) is 4.68 Å². The van der Waals surface area contributed by atoms with E-state index < -0.39 is 0 Å². The van der Waals surface area contributed by atoms with Crippen molar-refractivity contribution >= 4 is 11.9 Å². The monoisotopic (exact) mass is 290 g/mol. The molecular weight excluding hydrogens is 268 g/mol. The van der Waals surface area contributed by atoms with E-state index >= 15 is 0 Å². The fraction of sp³-hybridized carbons (Fsp3) is 0.538. The van der Waals surface area contributed by atoms with Gasteiger partial charge in [-0.05, 0) is 26.6 Å². The van der Waals surface area contributed by atoms with E-state index in [1.165, 1.54) is 0 Å². The summed E-state index contributed by atoms with van der Waals surface area (Å²) in [6.45, 7) is 4.75. The highest BCUT2D eigenvalue weighted by Gasteiger charge is 2.13. The van der Waals surface area contributed by atoms with Gasteiger partial charge >= 0.3 is 0 Å². The van der Waals surface area contributed by atoms with Crippen molar-refractivity contribution in [3.63, 3.8) is 0 Å². The predicted octanol–water partition coefficient (Wildman–Crippen LogP) is 0.418. The minimum atomic E-state index is 0.205. The molecule has 0 saturated carbocycles. The molecule has 0 bridgehead atoms. The summed E-state index contributed by atoms with van der Waals surface area (Å²) >= 11 is 0. The highest BCUT2D eigenvalue weighted by atomic mass is 15.4. The molecule has 0 aliphatic carbocycles. The van der Waals surface area contributed by atoms with Crippen molar-refractivity contribution in [2.75, 3.05) is 44.4 Å². The van der Waals surface area contributed by atoms with Gasteiger partial charge in [0.25, 0.3) is 5.95 Å².